The maximum Gasteiger partial charge on any atom is 0.333 e. The van der Waals surface area contributed by atoms with Gasteiger partial charge >= 0.3 is 11.9 Å². The molecule has 1 N–H and O–H groups in total. The Bertz CT molecular complexity index is 327. The summed E-state index contributed by atoms with van der Waals surface area (Å²) in [5.41, 5.74) is 0.209. The van der Waals surface area contributed by atoms with E-state index in [1.807, 2.05) is 13.8 Å². The molecule has 1 aliphatic rings. The summed E-state index contributed by atoms with van der Waals surface area (Å²) >= 11 is 0. The minimum atomic E-state index is -0.807. The molecule has 1 fully saturated rings. The van der Waals surface area contributed by atoms with Crippen LogP contribution in [0.5, 0.6) is 0 Å². The van der Waals surface area contributed by atoms with Gasteiger partial charge in [-0.2, -0.15) is 0 Å². The second kappa shape index (κ2) is 3.68. The first-order valence-corrected chi connectivity index (χ1v) is 4.82. The van der Waals surface area contributed by atoms with Crippen molar-refractivity contribution in [2.75, 3.05) is 7.11 Å². The Morgan fingerprint density at radius 1 is 1.40 bits per heavy atom. The van der Waals surface area contributed by atoms with Crippen molar-refractivity contribution in [3.8, 4) is 0 Å². The molecule has 0 amide bonds. The Morgan fingerprint density at radius 2 is 1.93 bits per heavy atom. The van der Waals surface area contributed by atoms with Crippen LogP contribution in [0.15, 0.2) is 11.6 Å². The van der Waals surface area contributed by atoms with Gasteiger partial charge in [0.05, 0.1) is 13.0 Å². The average molecular weight is 212 g/mol. The first kappa shape index (κ1) is 11.8. The van der Waals surface area contributed by atoms with E-state index in [2.05, 4.69) is 4.74 Å². The highest BCUT2D eigenvalue weighted by atomic mass is 16.5. The summed E-state index contributed by atoms with van der Waals surface area (Å²) in [6, 6.07) is 0. The van der Waals surface area contributed by atoms with Crippen molar-refractivity contribution in [2.45, 2.75) is 20.8 Å². The van der Waals surface area contributed by atoms with E-state index in [-0.39, 0.29) is 11.3 Å². The van der Waals surface area contributed by atoms with E-state index in [1.165, 1.54) is 7.11 Å². The zero-order valence-corrected chi connectivity index (χ0v) is 9.40. The Hall–Kier alpha value is -1.32. The number of aliphatic carboxylic acids is 1. The molecule has 0 radical (unpaired) electrons. The van der Waals surface area contributed by atoms with Crippen LogP contribution in [-0.4, -0.2) is 24.2 Å². The maximum atomic E-state index is 11.1. The summed E-state index contributed by atoms with van der Waals surface area (Å²) in [7, 11) is 1.31. The van der Waals surface area contributed by atoms with Crippen molar-refractivity contribution in [3.05, 3.63) is 11.6 Å². The largest absolute Gasteiger partial charge is 0.481 e. The first-order chi connectivity index (χ1) is 6.82. The number of hydrogen-bond donors (Lipinski definition) is 1. The van der Waals surface area contributed by atoms with Gasteiger partial charge in [-0.1, -0.05) is 19.9 Å². The number of carbonyl (C=O) groups excluding carboxylic acids is 1. The number of hydrogen-bond acceptors (Lipinski definition) is 3. The van der Waals surface area contributed by atoms with E-state index >= 15 is 0 Å². The van der Waals surface area contributed by atoms with Crippen molar-refractivity contribution in [2.24, 2.45) is 17.3 Å². The molecule has 4 nitrogen and oxygen atoms in total. The molecule has 1 aliphatic carbocycles. The lowest BCUT2D eigenvalue weighted by atomic mass is 10.1. The van der Waals surface area contributed by atoms with Gasteiger partial charge in [0.25, 0.3) is 0 Å². The van der Waals surface area contributed by atoms with Crippen molar-refractivity contribution in [1.29, 1.82) is 0 Å². The van der Waals surface area contributed by atoms with E-state index in [4.69, 9.17) is 5.11 Å². The number of esters is 1. The van der Waals surface area contributed by atoms with Crippen LogP contribution >= 0.6 is 0 Å². The molecule has 0 unspecified atom stereocenters. The first-order valence-electron chi connectivity index (χ1n) is 4.82. The summed E-state index contributed by atoms with van der Waals surface area (Å²) in [4.78, 5) is 22.0. The van der Waals surface area contributed by atoms with Gasteiger partial charge in [0, 0.05) is 5.57 Å². The predicted octanol–water partition coefficient (Wildman–Crippen LogP) is 1.46. The SMILES string of the molecule is COC(=O)C(C)=C[C@@H]1[C@H](C(=O)O)C1(C)C. The fraction of sp³-hybridized carbons (Fsp3) is 0.636. The lowest BCUT2D eigenvalue weighted by molar-refractivity contribution is -0.139. The van der Waals surface area contributed by atoms with Gasteiger partial charge in [-0.25, -0.2) is 4.79 Å². The van der Waals surface area contributed by atoms with Crippen LogP contribution in [0, 0.1) is 17.3 Å². The van der Waals surface area contributed by atoms with Gasteiger partial charge in [0.1, 0.15) is 0 Å². The third-order valence-electron chi connectivity index (χ3n) is 3.11. The van der Waals surface area contributed by atoms with Gasteiger partial charge in [-0.3, -0.25) is 4.79 Å². The summed E-state index contributed by atoms with van der Waals surface area (Å²) in [6.45, 7) is 5.41. The van der Waals surface area contributed by atoms with Crippen LogP contribution in [0.3, 0.4) is 0 Å². The van der Waals surface area contributed by atoms with Crippen LogP contribution < -0.4 is 0 Å². The Balaban J connectivity index is 2.78. The quantitative estimate of drug-likeness (QED) is 0.568. The topological polar surface area (TPSA) is 63.6 Å². The minimum Gasteiger partial charge on any atom is -0.481 e. The lowest BCUT2D eigenvalue weighted by Gasteiger charge is -1.99. The molecule has 0 heterocycles. The number of carbonyl (C=O) groups is 2. The van der Waals surface area contributed by atoms with E-state index in [0.717, 1.165) is 0 Å². The smallest absolute Gasteiger partial charge is 0.333 e. The highest BCUT2D eigenvalue weighted by Crippen LogP contribution is 2.59. The van der Waals surface area contributed by atoms with Gasteiger partial charge < -0.3 is 9.84 Å². The van der Waals surface area contributed by atoms with E-state index in [1.54, 1.807) is 13.0 Å². The molecule has 4 heteroatoms. The number of allylic oxidation sites excluding steroid dienone is 1. The molecular formula is C11H16O4. The van der Waals surface area contributed by atoms with Gasteiger partial charge in [0.2, 0.25) is 0 Å². The molecule has 0 spiro atoms. The highest BCUT2D eigenvalue weighted by Gasteiger charge is 2.61. The van der Waals surface area contributed by atoms with Crippen molar-refractivity contribution < 1.29 is 19.4 Å². The number of ether oxygens (including phenoxy) is 1. The fourth-order valence-corrected chi connectivity index (χ4v) is 1.96. The van der Waals surface area contributed by atoms with Crippen molar-refractivity contribution >= 4 is 11.9 Å². The molecule has 1 rings (SSSR count). The summed E-state index contributed by atoms with van der Waals surface area (Å²) in [5.74, 6) is -1.67. The van der Waals surface area contributed by atoms with Crippen LogP contribution in [0.2, 0.25) is 0 Å². The predicted molar refractivity (Wildman–Crippen MR) is 54.2 cm³/mol. The number of carboxylic acids is 1. The molecule has 2 atom stereocenters. The summed E-state index contributed by atoms with van der Waals surface area (Å²) in [6.07, 6.45) is 1.70. The van der Waals surface area contributed by atoms with Crippen LogP contribution in [0.4, 0.5) is 0 Å². The molecule has 0 aliphatic heterocycles. The van der Waals surface area contributed by atoms with E-state index in [9.17, 15) is 9.59 Å². The second-order valence-electron chi connectivity index (χ2n) is 4.50. The minimum absolute atomic E-state index is 0.0749. The molecule has 1 saturated carbocycles. The second-order valence-corrected chi connectivity index (χ2v) is 4.50. The number of rotatable bonds is 3. The lowest BCUT2D eigenvalue weighted by Crippen LogP contribution is -2.03. The van der Waals surface area contributed by atoms with Crippen molar-refractivity contribution in [1.82, 2.24) is 0 Å². The molecular weight excluding hydrogens is 196 g/mol. The number of methoxy groups -OCH3 is 1. The normalized spacial score (nSPS) is 28.4. The zero-order valence-electron chi connectivity index (χ0n) is 9.40. The number of carboxylic acid groups (broad SMARTS) is 1. The summed E-state index contributed by atoms with van der Waals surface area (Å²) in [5, 5.41) is 8.92. The molecule has 15 heavy (non-hydrogen) atoms. The molecule has 0 saturated heterocycles. The van der Waals surface area contributed by atoms with Gasteiger partial charge in [0.15, 0.2) is 0 Å². The van der Waals surface area contributed by atoms with Gasteiger partial charge in [-0.05, 0) is 18.3 Å². The maximum absolute atomic E-state index is 11.1. The Kier molecular flexibility index (Phi) is 2.88. The third kappa shape index (κ3) is 2.03. The zero-order chi connectivity index (χ0) is 11.8. The summed E-state index contributed by atoms with van der Waals surface area (Å²) < 4.78 is 4.55. The van der Waals surface area contributed by atoms with E-state index in [0.29, 0.717) is 5.57 Å². The van der Waals surface area contributed by atoms with Crippen molar-refractivity contribution in [3.63, 3.8) is 0 Å². The van der Waals surface area contributed by atoms with Crippen LogP contribution in [0.25, 0.3) is 0 Å². The van der Waals surface area contributed by atoms with Crippen LogP contribution in [-0.2, 0) is 14.3 Å². The average Bonchev–Trinajstić information content (AvgIpc) is 2.66. The standard InChI is InChI=1S/C11H16O4/c1-6(10(14)15-4)5-7-8(9(12)13)11(7,2)3/h5,7-8H,1-4H3,(H,12,13)/t7-,8-/m1/s1. The third-order valence-corrected chi connectivity index (χ3v) is 3.11. The molecule has 0 bridgehead atoms. The Morgan fingerprint density at radius 3 is 2.27 bits per heavy atom. The molecule has 0 aromatic rings. The van der Waals surface area contributed by atoms with Gasteiger partial charge in [-0.15, -0.1) is 0 Å². The Labute approximate surface area is 88.9 Å². The monoisotopic (exact) mass is 212 g/mol. The highest BCUT2D eigenvalue weighted by molar-refractivity contribution is 5.88. The van der Waals surface area contributed by atoms with Crippen LogP contribution in [0.1, 0.15) is 20.8 Å². The molecule has 84 valence electrons. The fourth-order valence-electron chi connectivity index (χ4n) is 1.96. The molecule has 0 aromatic heterocycles. The van der Waals surface area contributed by atoms with E-state index < -0.39 is 17.9 Å². The molecule has 0 aromatic carbocycles.